The van der Waals surface area contributed by atoms with Crippen LogP contribution < -0.4 is 0 Å². The highest BCUT2D eigenvalue weighted by molar-refractivity contribution is 7.91. The molecular weight excluding hydrogens is 239 g/mol. The molecule has 1 saturated heterocycles. The van der Waals surface area contributed by atoms with E-state index in [1.165, 1.54) is 0 Å². The van der Waals surface area contributed by atoms with Crippen molar-refractivity contribution in [2.45, 2.75) is 6.18 Å². The lowest BCUT2D eigenvalue weighted by atomic mass is 10.6. The van der Waals surface area contributed by atoms with E-state index in [2.05, 4.69) is 4.84 Å². The summed E-state index contributed by atoms with van der Waals surface area (Å²) in [6.45, 7) is -0.464. The third-order valence-electron chi connectivity index (χ3n) is 1.75. The lowest BCUT2D eigenvalue weighted by Crippen LogP contribution is -2.43. The normalized spacial score (nSPS) is 22.3. The monoisotopic (exact) mass is 247 g/mol. The lowest BCUT2D eigenvalue weighted by Gasteiger charge is -2.25. The van der Waals surface area contributed by atoms with Gasteiger partial charge in [0.15, 0.2) is 9.84 Å². The first-order chi connectivity index (χ1) is 6.71. The first-order valence-electron chi connectivity index (χ1n) is 3.95. The number of halogens is 3. The SMILES string of the molecule is O=C(ON1CCS(=O)(=O)CC1)C(F)(F)F. The molecule has 0 amide bonds. The second-order valence-electron chi connectivity index (χ2n) is 2.96. The molecular formula is C6H8F3NO4S. The number of hydrogen-bond donors (Lipinski definition) is 0. The van der Waals surface area contributed by atoms with Crippen molar-refractivity contribution in [3.05, 3.63) is 0 Å². The molecule has 15 heavy (non-hydrogen) atoms. The quantitative estimate of drug-likeness (QED) is 0.638. The molecule has 1 rings (SSSR count). The van der Waals surface area contributed by atoms with Crippen LogP contribution in [0.5, 0.6) is 0 Å². The van der Waals surface area contributed by atoms with E-state index in [-0.39, 0.29) is 24.6 Å². The second-order valence-corrected chi connectivity index (χ2v) is 5.26. The number of hydroxylamine groups is 2. The van der Waals surface area contributed by atoms with E-state index in [1.54, 1.807) is 0 Å². The Morgan fingerprint density at radius 2 is 1.67 bits per heavy atom. The largest absolute Gasteiger partial charge is 0.492 e. The van der Waals surface area contributed by atoms with Crippen LogP contribution in [-0.4, -0.2) is 50.2 Å². The standard InChI is InChI=1S/C6H8F3NO4S/c7-6(8,9)5(11)14-10-1-3-15(12,13)4-2-10/h1-4H2. The Morgan fingerprint density at radius 3 is 2.07 bits per heavy atom. The highest BCUT2D eigenvalue weighted by Crippen LogP contribution is 2.18. The zero-order valence-electron chi connectivity index (χ0n) is 7.45. The number of carbonyl (C=O) groups excluding carboxylic acids is 1. The highest BCUT2D eigenvalue weighted by Gasteiger charge is 2.43. The fourth-order valence-electron chi connectivity index (χ4n) is 0.956. The van der Waals surface area contributed by atoms with Gasteiger partial charge in [0.1, 0.15) is 0 Å². The third-order valence-corrected chi connectivity index (χ3v) is 3.36. The van der Waals surface area contributed by atoms with Gasteiger partial charge < -0.3 is 4.84 Å². The van der Waals surface area contributed by atoms with E-state index in [0.717, 1.165) is 0 Å². The molecule has 1 aliphatic heterocycles. The molecule has 0 atom stereocenters. The number of sulfone groups is 1. The first-order valence-corrected chi connectivity index (χ1v) is 5.77. The van der Waals surface area contributed by atoms with Gasteiger partial charge >= 0.3 is 12.1 Å². The third kappa shape index (κ3) is 3.67. The van der Waals surface area contributed by atoms with Gasteiger partial charge in [-0.25, -0.2) is 13.2 Å². The van der Waals surface area contributed by atoms with Gasteiger partial charge in [-0.2, -0.15) is 13.2 Å². The molecule has 0 unspecified atom stereocenters. The molecule has 5 nitrogen and oxygen atoms in total. The molecule has 1 fully saturated rings. The van der Waals surface area contributed by atoms with Crippen molar-refractivity contribution in [2.24, 2.45) is 0 Å². The van der Waals surface area contributed by atoms with Gasteiger partial charge in [-0.05, 0) is 0 Å². The Morgan fingerprint density at radius 1 is 1.20 bits per heavy atom. The van der Waals surface area contributed by atoms with E-state index in [9.17, 15) is 26.4 Å². The van der Waals surface area contributed by atoms with Crippen LogP contribution in [0.15, 0.2) is 0 Å². The van der Waals surface area contributed by atoms with Crippen LogP contribution >= 0.6 is 0 Å². The summed E-state index contributed by atoms with van der Waals surface area (Å²) >= 11 is 0. The maximum Gasteiger partial charge on any atom is 0.492 e. The zero-order valence-corrected chi connectivity index (χ0v) is 8.27. The van der Waals surface area contributed by atoms with Crippen molar-refractivity contribution >= 4 is 15.8 Å². The van der Waals surface area contributed by atoms with Crippen molar-refractivity contribution in [3.8, 4) is 0 Å². The maximum absolute atomic E-state index is 11.7. The molecule has 1 aliphatic rings. The van der Waals surface area contributed by atoms with Crippen molar-refractivity contribution in [1.29, 1.82) is 0 Å². The summed E-state index contributed by atoms with van der Waals surface area (Å²) < 4.78 is 57.0. The van der Waals surface area contributed by atoms with Gasteiger partial charge in [0, 0.05) is 13.1 Å². The van der Waals surface area contributed by atoms with Crippen LogP contribution in [-0.2, 0) is 19.5 Å². The first kappa shape index (κ1) is 12.2. The Kier molecular flexibility index (Phi) is 3.24. The van der Waals surface area contributed by atoms with Crippen molar-refractivity contribution in [2.75, 3.05) is 24.6 Å². The number of hydrogen-bond acceptors (Lipinski definition) is 5. The molecule has 9 heteroatoms. The molecule has 0 saturated carbocycles. The van der Waals surface area contributed by atoms with Gasteiger partial charge in [0.05, 0.1) is 11.5 Å². The number of nitrogens with zero attached hydrogens (tertiary/aromatic N) is 1. The number of alkyl halides is 3. The minimum Gasteiger partial charge on any atom is -0.361 e. The van der Waals surface area contributed by atoms with E-state index in [4.69, 9.17) is 0 Å². The van der Waals surface area contributed by atoms with Gasteiger partial charge in [0.25, 0.3) is 0 Å². The molecule has 0 aromatic rings. The predicted octanol–water partition coefficient (Wildman–Crippen LogP) is -0.263. The fourth-order valence-corrected chi connectivity index (χ4v) is 2.12. The van der Waals surface area contributed by atoms with Crippen LogP contribution in [0, 0.1) is 0 Å². The summed E-state index contributed by atoms with van der Waals surface area (Å²) in [5.41, 5.74) is 0. The van der Waals surface area contributed by atoms with Crippen LogP contribution in [0.1, 0.15) is 0 Å². The molecule has 0 bridgehead atoms. The number of rotatable bonds is 1. The average molecular weight is 247 g/mol. The predicted molar refractivity (Wildman–Crippen MR) is 42.4 cm³/mol. The molecule has 0 aromatic heterocycles. The summed E-state index contributed by atoms with van der Waals surface area (Å²) in [6.07, 6.45) is -5.06. The van der Waals surface area contributed by atoms with Gasteiger partial charge in [-0.1, -0.05) is 0 Å². The molecule has 88 valence electrons. The van der Waals surface area contributed by atoms with Gasteiger partial charge in [-0.15, -0.1) is 5.06 Å². The minimum atomic E-state index is -5.06. The molecule has 0 aromatic carbocycles. The Hall–Kier alpha value is -0.830. The summed E-state index contributed by atoms with van der Waals surface area (Å²) in [5, 5.41) is 0.705. The fraction of sp³-hybridized carbons (Fsp3) is 0.833. The van der Waals surface area contributed by atoms with Crippen molar-refractivity contribution < 1.29 is 31.2 Å². The number of carbonyl (C=O) groups is 1. The Labute approximate surface area is 83.7 Å². The summed E-state index contributed by atoms with van der Waals surface area (Å²) in [6, 6.07) is 0. The minimum absolute atomic E-state index is 0.232. The molecule has 0 N–H and O–H groups in total. The second kappa shape index (κ2) is 3.97. The smallest absolute Gasteiger partial charge is 0.361 e. The van der Waals surface area contributed by atoms with E-state index in [1.807, 2.05) is 0 Å². The zero-order chi connectivity index (χ0) is 11.7. The summed E-state index contributed by atoms with van der Waals surface area (Å²) in [7, 11) is -3.20. The van der Waals surface area contributed by atoms with Gasteiger partial charge in [0.2, 0.25) is 0 Å². The molecule has 0 spiro atoms. The average Bonchev–Trinajstić information content (AvgIpc) is 2.07. The van der Waals surface area contributed by atoms with Crippen molar-refractivity contribution in [3.63, 3.8) is 0 Å². The lowest BCUT2D eigenvalue weighted by molar-refractivity contribution is -0.237. The summed E-state index contributed by atoms with van der Waals surface area (Å²) in [4.78, 5) is 14.3. The van der Waals surface area contributed by atoms with Crippen LogP contribution in [0.4, 0.5) is 13.2 Å². The van der Waals surface area contributed by atoms with Gasteiger partial charge in [-0.3, -0.25) is 0 Å². The maximum atomic E-state index is 11.7. The van der Waals surface area contributed by atoms with Crippen molar-refractivity contribution in [1.82, 2.24) is 5.06 Å². The van der Waals surface area contributed by atoms with E-state index >= 15 is 0 Å². The Balaban J connectivity index is 2.47. The molecule has 0 radical (unpaired) electrons. The topological polar surface area (TPSA) is 63.7 Å². The van der Waals surface area contributed by atoms with E-state index < -0.39 is 22.0 Å². The summed E-state index contributed by atoms with van der Waals surface area (Å²) in [5.74, 6) is -2.95. The van der Waals surface area contributed by atoms with Crippen LogP contribution in [0.3, 0.4) is 0 Å². The highest BCUT2D eigenvalue weighted by atomic mass is 32.2. The van der Waals surface area contributed by atoms with E-state index in [0.29, 0.717) is 5.06 Å². The molecule has 1 heterocycles. The van der Waals surface area contributed by atoms with Crippen LogP contribution in [0.2, 0.25) is 0 Å². The molecule has 0 aliphatic carbocycles. The Bertz CT molecular complexity index is 336. The van der Waals surface area contributed by atoms with Crippen LogP contribution in [0.25, 0.3) is 0 Å².